The average Bonchev–Trinajstić information content (AvgIpc) is 1.16. The summed E-state index contributed by atoms with van der Waals surface area (Å²) >= 11 is 0. The molecule has 0 radical (unpaired) electrons. The van der Waals surface area contributed by atoms with Crippen molar-refractivity contribution in [3.63, 3.8) is 0 Å². The number of carbonyl (C=O) groups is 1. The highest BCUT2D eigenvalue weighted by Gasteiger charge is 2.13. The van der Waals surface area contributed by atoms with Crippen molar-refractivity contribution in [1.29, 1.82) is 0 Å². The molecule has 0 aliphatic heterocycles. The Morgan fingerprint density at radius 3 is 1.67 bits per heavy atom. The van der Waals surface area contributed by atoms with Crippen LogP contribution >= 0.6 is 0 Å². The fourth-order valence-electron chi connectivity index (χ4n) is 0.400. The maximum absolute atomic E-state index is 11.2. The maximum atomic E-state index is 11.2. The van der Waals surface area contributed by atoms with Crippen LogP contribution < -0.4 is 0 Å². The van der Waals surface area contributed by atoms with Crippen LogP contribution in [-0.4, -0.2) is 28.9 Å². The molecule has 56 valence electrons. The van der Waals surface area contributed by atoms with Crippen molar-refractivity contribution in [2.24, 2.45) is 0 Å². The zero-order chi connectivity index (χ0) is 7.73. The zero-order valence-corrected chi connectivity index (χ0v) is 6.95. The third-order valence-corrected chi connectivity index (χ3v) is 1.20. The van der Waals surface area contributed by atoms with Crippen LogP contribution in [0.4, 0.5) is 0 Å². The Labute approximate surface area is 55.0 Å². The summed E-state index contributed by atoms with van der Waals surface area (Å²) in [5, 5.41) is 0. The normalized spacial score (nSPS) is 15.8. The van der Waals surface area contributed by atoms with Crippen LogP contribution in [0.25, 0.3) is 0 Å². The van der Waals surface area contributed by atoms with E-state index in [1.54, 1.807) is 0 Å². The van der Waals surface area contributed by atoms with Crippen LogP contribution in [0.3, 0.4) is 0 Å². The predicted molar refractivity (Wildman–Crippen MR) is 37.7 cm³/mol. The van der Waals surface area contributed by atoms with Gasteiger partial charge in [0.05, 0.1) is 0 Å². The molecule has 0 aliphatic carbocycles. The lowest BCUT2D eigenvalue weighted by molar-refractivity contribution is -0.131. The summed E-state index contributed by atoms with van der Waals surface area (Å²) in [6.07, 6.45) is 4.25. The lowest BCUT2D eigenvalue weighted by Crippen LogP contribution is -2.32. The smallest absolute Gasteiger partial charge is 0.324 e. The van der Waals surface area contributed by atoms with Crippen molar-refractivity contribution in [1.82, 2.24) is 0 Å². The topological polar surface area (TPSA) is 43.4 Å². The molecule has 9 heavy (non-hydrogen) atoms. The molecule has 0 heterocycles. The van der Waals surface area contributed by atoms with Gasteiger partial charge >= 0.3 is 5.97 Å². The van der Waals surface area contributed by atoms with Gasteiger partial charge in [0.25, 0.3) is 0 Å². The first-order chi connectivity index (χ1) is 3.67. The molecular weight excluding hydrogens is 140 g/mol. The third-order valence-electron chi connectivity index (χ3n) is 0.401. The molecule has 0 saturated carbocycles. The first-order valence-corrected chi connectivity index (χ1v) is 5.58. The number of hydrogen-bond acceptors (Lipinski definition) is 3. The van der Waals surface area contributed by atoms with E-state index in [0.717, 1.165) is 0 Å². The average molecular weight is 152 g/mol. The minimum absolute atomic E-state index is 0.500. The van der Waals surface area contributed by atoms with Crippen LogP contribution in [-0.2, 0) is 18.3 Å². The van der Waals surface area contributed by atoms with Crippen LogP contribution in [0.2, 0.25) is 0 Å². The number of rotatable bonds is 1. The summed E-state index contributed by atoms with van der Waals surface area (Å²) < 4.78 is 15.7. The first-order valence-electron chi connectivity index (χ1n) is 2.47. The molecule has 0 aromatic rings. The second kappa shape index (κ2) is 1.80. The Bertz CT molecular complexity index is 177. The van der Waals surface area contributed by atoms with Gasteiger partial charge in [-0.3, -0.25) is 4.79 Å². The van der Waals surface area contributed by atoms with Gasteiger partial charge in [0.1, 0.15) is 0 Å². The molecule has 0 fully saturated rings. The molecule has 0 amide bonds. The highest BCUT2D eigenvalue weighted by atomic mass is 32.3. The van der Waals surface area contributed by atoms with Crippen LogP contribution in [0.5, 0.6) is 0 Å². The Balaban J connectivity index is 4.24. The fourth-order valence-corrected chi connectivity index (χ4v) is 1.20. The molecule has 0 N–H and O–H groups in total. The van der Waals surface area contributed by atoms with Gasteiger partial charge in [-0.2, -0.15) is 13.6 Å². The lowest BCUT2D eigenvalue weighted by atomic mass is 10.9. The van der Waals surface area contributed by atoms with Crippen molar-refractivity contribution < 1.29 is 13.2 Å². The Kier molecular flexibility index (Phi) is 1.72. The minimum atomic E-state index is -3.05. The van der Waals surface area contributed by atoms with Gasteiger partial charge < -0.3 is 4.18 Å². The second-order valence-electron chi connectivity index (χ2n) is 2.87. The van der Waals surface area contributed by atoms with Gasteiger partial charge in [-0.05, 0) is 0 Å². The molecule has 0 unspecified atom stereocenters. The van der Waals surface area contributed by atoms with Gasteiger partial charge in [0, 0.05) is 25.7 Å². The number of hydrogen-bond donors (Lipinski definition) is 0. The summed E-state index contributed by atoms with van der Waals surface area (Å²) in [5.41, 5.74) is 0. The van der Waals surface area contributed by atoms with E-state index < -0.39 is 15.3 Å². The molecule has 0 saturated heterocycles. The van der Waals surface area contributed by atoms with Gasteiger partial charge in [-0.25, -0.2) is 0 Å². The largest absolute Gasteiger partial charge is 0.359 e. The molecule has 0 rings (SSSR count). The monoisotopic (exact) mass is 152 g/mol. The predicted octanol–water partition coefficient (Wildman–Crippen LogP) is 0.174. The van der Waals surface area contributed by atoms with Crippen molar-refractivity contribution in [3.8, 4) is 0 Å². The van der Waals surface area contributed by atoms with Crippen molar-refractivity contribution in [3.05, 3.63) is 0 Å². The van der Waals surface area contributed by atoms with E-state index in [-0.39, 0.29) is 0 Å². The summed E-state index contributed by atoms with van der Waals surface area (Å²) in [4.78, 5) is 10.3. The van der Waals surface area contributed by atoms with E-state index in [0.29, 0.717) is 0 Å². The molecule has 0 spiro atoms. The summed E-state index contributed by atoms with van der Waals surface area (Å²) in [5.74, 6) is -0.500. The molecular formula is C5H12O3S. The molecule has 0 aliphatic rings. The van der Waals surface area contributed by atoms with E-state index in [1.165, 1.54) is 25.7 Å². The van der Waals surface area contributed by atoms with Crippen LogP contribution in [0, 0.1) is 0 Å². The summed E-state index contributed by atoms with van der Waals surface area (Å²) in [7, 11) is -3.05. The summed E-state index contributed by atoms with van der Waals surface area (Å²) in [6.45, 7) is 1.24. The Hall–Kier alpha value is -0.380. The molecule has 0 bridgehead atoms. The van der Waals surface area contributed by atoms with Crippen LogP contribution in [0.1, 0.15) is 6.92 Å². The van der Waals surface area contributed by atoms with E-state index in [2.05, 4.69) is 4.18 Å². The second-order valence-corrected chi connectivity index (χ2v) is 7.62. The van der Waals surface area contributed by atoms with Gasteiger partial charge in [-0.1, -0.05) is 0 Å². The minimum Gasteiger partial charge on any atom is -0.359 e. The molecule has 3 nitrogen and oxygen atoms in total. The fraction of sp³-hybridized carbons (Fsp3) is 0.800. The van der Waals surface area contributed by atoms with Crippen molar-refractivity contribution in [2.75, 3.05) is 18.8 Å². The SMILES string of the molecule is CC(=O)OS(C)(C)(C)=O. The standard InChI is InChI=1S/C5H12O3S/c1-5(6)8-9(2,3,4)7/h1-4H3. The Morgan fingerprint density at radius 1 is 1.33 bits per heavy atom. The lowest BCUT2D eigenvalue weighted by Gasteiger charge is -2.33. The summed E-state index contributed by atoms with van der Waals surface area (Å²) in [6, 6.07) is 0. The van der Waals surface area contributed by atoms with E-state index in [9.17, 15) is 9.00 Å². The molecule has 4 heteroatoms. The third kappa shape index (κ3) is 7.62. The first kappa shape index (κ1) is 8.62. The van der Waals surface area contributed by atoms with Crippen molar-refractivity contribution in [2.45, 2.75) is 6.92 Å². The highest BCUT2D eigenvalue weighted by Crippen LogP contribution is 2.12. The molecule has 0 aromatic heterocycles. The number of carbonyl (C=O) groups excluding carboxylic acids is 1. The van der Waals surface area contributed by atoms with E-state index in [4.69, 9.17) is 0 Å². The van der Waals surface area contributed by atoms with Gasteiger partial charge in [0.2, 0.25) is 0 Å². The molecule has 0 atom stereocenters. The highest BCUT2D eigenvalue weighted by molar-refractivity contribution is 8.14. The zero-order valence-electron chi connectivity index (χ0n) is 6.13. The Morgan fingerprint density at radius 2 is 1.67 bits per heavy atom. The van der Waals surface area contributed by atoms with Gasteiger partial charge in [-0.15, -0.1) is 0 Å². The quantitative estimate of drug-likeness (QED) is 0.538. The van der Waals surface area contributed by atoms with Gasteiger partial charge in [0.15, 0.2) is 0 Å². The van der Waals surface area contributed by atoms with E-state index in [1.807, 2.05) is 0 Å². The molecule has 0 aromatic carbocycles. The maximum Gasteiger partial charge on any atom is 0.324 e. The van der Waals surface area contributed by atoms with Crippen LogP contribution in [0.15, 0.2) is 0 Å². The van der Waals surface area contributed by atoms with Crippen molar-refractivity contribution >= 4 is 15.3 Å². The van der Waals surface area contributed by atoms with E-state index >= 15 is 0 Å².